The molecule has 0 saturated carbocycles. The Hall–Kier alpha value is -1.63. The van der Waals surface area contributed by atoms with Gasteiger partial charge in [0.1, 0.15) is 0 Å². The van der Waals surface area contributed by atoms with Crippen molar-refractivity contribution in [1.29, 1.82) is 0 Å². The second kappa shape index (κ2) is 8.61. The monoisotopic (exact) mass is 311 g/mol. The van der Waals surface area contributed by atoms with E-state index in [1.807, 2.05) is 24.3 Å². The zero-order valence-electron chi connectivity index (χ0n) is 11.8. The van der Waals surface area contributed by atoms with Crippen molar-refractivity contribution >= 4 is 17.3 Å². The number of halogens is 1. The maximum absolute atomic E-state index is 5.82. The highest BCUT2D eigenvalue weighted by Gasteiger charge is 2.06. The van der Waals surface area contributed by atoms with Gasteiger partial charge in [0.15, 0.2) is 5.82 Å². The van der Waals surface area contributed by atoms with Gasteiger partial charge in [0.05, 0.1) is 26.4 Å². The Morgan fingerprint density at radius 3 is 2.76 bits per heavy atom. The largest absolute Gasteiger partial charge is 0.382 e. The van der Waals surface area contributed by atoms with Gasteiger partial charge in [-0.15, -0.1) is 0 Å². The molecule has 0 saturated heterocycles. The van der Waals surface area contributed by atoms with Crippen molar-refractivity contribution in [1.82, 2.24) is 10.1 Å². The quantitative estimate of drug-likeness (QED) is 0.718. The Balaban J connectivity index is 1.71. The second-order valence-corrected chi connectivity index (χ2v) is 4.76. The van der Waals surface area contributed by atoms with Crippen molar-refractivity contribution in [3.05, 3.63) is 41.0 Å². The number of aromatic nitrogens is 2. The van der Waals surface area contributed by atoms with Crippen LogP contribution in [0.4, 0.5) is 5.69 Å². The minimum absolute atomic E-state index is 0.471. The molecule has 0 bridgehead atoms. The molecule has 7 heteroatoms. The van der Waals surface area contributed by atoms with E-state index < -0.39 is 0 Å². The van der Waals surface area contributed by atoms with Crippen LogP contribution in [-0.2, 0) is 22.4 Å². The molecule has 2 rings (SSSR count). The van der Waals surface area contributed by atoms with E-state index in [0.29, 0.717) is 49.5 Å². The van der Waals surface area contributed by atoms with Crippen LogP contribution in [0.15, 0.2) is 28.8 Å². The van der Waals surface area contributed by atoms with E-state index in [2.05, 4.69) is 15.5 Å². The fourth-order valence-electron chi connectivity index (χ4n) is 1.62. The number of benzene rings is 1. The molecule has 0 amide bonds. The summed E-state index contributed by atoms with van der Waals surface area (Å²) < 4.78 is 15.4. The summed E-state index contributed by atoms with van der Waals surface area (Å²) in [6, 6.07) is 7.42. The Morgan fingerprint density at radius 2 is 2.00 bits per heavy atom. The Labute approximate surface area is 128 Å². The van der Waals surface area contributed by atoms with Gasteiger partial charge in [0, 0.05) is 24.2 Å². The number of anilines is 1. The SMILES string of the molecule is COCCOCCc1noc(CNc2ccc(Cl)cc2)n1. The average Bonchev–Trinajstić information content (AvgIpc) is 2.94. The fraction of sp³-hybridized carbons (Fsp3) is 0.429. The molecule has 0 unspecified atom stereocenters. The highest BCUT2D eigenvalue weighted by molar-refractivity contribution is 6.30. The van der Waals surface area contributed by atoms with E-state index in [1.165, 1.54) is 0 Å². The van der Waals surface area contributed by atoms with Gasteiger partial charge in [-0.3, -0.25) is 0 Å². The molecule has 1 heterocycles. The molecular formula is C14H18ClN3O3. The number of rotatable bonds is 9. The van der Waals surface area contributed by atoms with Crippen molar-refractivity contribution in [2.45, 2.75) is 13.0 Å². The molecule has 114 valence electrons. The van der Waals surface area contributed by atoms with Crippen molar-refractivity contribution in [3.63, 3.8) is 0 Å². The molecule has 1 aromatic carbocycles. The van der Waals surface area contributed by atoms with E-state index in [1.54, 1.807) is 7.11 Å². The number of hydrogen-bond acceptors (Lipinski definition) is 6. The predicted molar refractivity (Wildman–Crippen MR) is 79.5 cm³/mol. The standard InChI is InChI=1S/C14H18ClN3O3/c1-19-8-9-20-7-6-13-17-14(21-18-13)10-16-12-4-2-11(15)3-5-12/h2-5,16H,6-10H2,1H3. The Bertz CT molecular complexity index is 531. The fourth-order valence-corrected chi connectivity index (χ4v) is 1.74. The summed E-state index contributed by atoms with van der Waals surface area (Å²) in [6.45, 7) is 2.17. The molecule has 0 spiro atoms. The summed E-state index contributed by atoms with van der Waals surface area (Å²) in [4.78, 5) is 4.28. The van der Waals surface area contributed by atoms with Crippen LogP contribution in [0.1, 0.15) is 11.7 Å². The number of nitrogens with zero attached hydrogens (tertiary/aromatic N) is 2. The van der Waals surface area contributed by atoms with E-state index in [9.17, 15) is 0 Å². The van der Waals surface area contributed by atoms with E-state index in [-0.39, 0.29) is 0 Å². The molecule has 0 radical (unpaired) electrons. The van der Waals surface area contributed by atoms with Crippen LogP contribution in [0.5, 0.6) is 0 Å². The lowest BCUT2D eigenvalue weighted by atomic mass is 10.3. The van der Waals surface area contributed by atoms with Crippen LogP contribution in [0.3, 0.4) is 0 Å². The lowest BCUT2D eigenvalue weighted by molar-refractivity contribution is 0.0714. The number of methoxy groups -OCH3 is 1. The Morgan fingerprint density at radius 1 is 1.19 bits per heavy atom. The topological polar surface area (TPSA) is 69.4 Å². The summed E-state index contributed by atoms with van der Waals surface area (Å²) in [5.74, 6) is 1.18. The molecule has 1 aromatic heterocycles. The first-order valence-electron chi connectivity index (χ1n) is 6.65. The molecule has 0 atom stereocenters. The molecular weight excluding hydrogens is 294 g/mol. The van der Waals surface area contributed by atoms with Gasteiger partial charge in [0.25, 0.3) is 0 Å². The molecule has 2 aromatic rings. The summed E-state index contributed by atoms with van der Waals surface area (Å²) in [7, 11) is 1.64. The summed E-state index contributed by atoms with van der Waals surface area (Å²) in [6.07, 6.45) is 0.619. The van der Waals surface area contributed by atoms with Crippen LogP contribution in [0.2, 0.25) is 5.02 Å². The third-order valence-electron chi connectivity index (χ3n) is 2.70. The second-order valence-electron chi connectivity index (χ2n) is 4.32. The lowest BCUT2D eigenvalue weighted by Crippen LogP contribution is -2.06. The van der Waals surface area contributed by atoms with Gasteiger partial charge in [-0.25, -0.2) is 0 Å². The first-order valence-corrected chi connectivity index (χ1v) is 7.03. The molecule has 6 nitrogen and oxygen atoms in total. The third kappa shape index (κ3) is 5.71. The lowest BCUT2D eigenvalue weighted by Gasteiger charge is -2.02. The van der Waals surface area contributed by atoms with Gasteiger partial charge >= 0.3 is 0 Å². The summed E-state index contributed by atoms with van der Waals surface area (Å²) in [5, 5.41) is 7.79. The smallest absolute Gasteiger partial charge is 0.245 e. The van der Waals surface area contributed by atoms with Gasteiger partial charge in [-0.2, -0.15) is 4.98 Å². The minimum atomic E-state index is 0.471. The first kappa shape index (κ1) is 15.8. The van der Waals surface area contributed by atoms with Crippen LogP contribution < -0.4 is 5.32 Å². The third-order valence-corrected chi connectivity index (χ3v) is 2.95. The predicted octanol–water partition coefficient (Wildman–Crippen LogP) is 2.54. The van der Waals surface area contributed by atoms with Crippen LogP contribution >= 0.6 is 11.6 Å². The summed E-state index contributed by atoms with van der Waals surface area (Å²) >= 11 is 5.82. The van der Waals surface area contributed by atoms with Crippen molar-refractivity contribution in [2.75, 3.05) is 32.2 Å². The highest BCUT2D eigenvalue weighted by atomic mass is 35.5. The molecule has 0 aliphatic rings. The molecule has 1 N–H and O–H groups in total. The summed E-state index contributed by atoms with van der Waals surface area (Å²) in [5.41, 5.74) is 0.946. The zero-order valence-corrected chi connectivity index (χ0v) is 12.6. The number of nitrogens with one attached hydrogen (secondary N) is 1. The molecule has 0 aliphatic heterocycles. The average molecular weight is 312 g/mol. The number of hydrogen-bond donors (Lipinski definition) is 1. The number of ether oxygens (including phenoxy) is 2. The first-order chi connectivity index (χ1) is 10.3. The maximum atomic E-state index is 5.82. The van der Waals surface area contributed by atoms with Crippen molar-refractivity contribution in [3.8, 4) is 0 Å². The van der Waals surface area contributed by atoms with Crippen LogP contribution in [0, 0.1) is 0 Å². The van der Waals surface area contributed by atoms with Gasteiger partial charge in [-0.05, 0) is 24.3 Å². The highest BCUT2D eigenvalue weighted by Crippen LogP contribution is 2.14. The van der Waals surface area contributed by atoms with E-state index >= 15 is 0 Å². The van der Waals surface area contributed by atoms with Gasteiger partial charge in [-0.1, -0.05) is 16.8 Å². The van der Waals surface area contributed by atoms with Crippen LogP contribution in [0.25, 0.3) is 0 Å². The van der Waals surface area contributed by atoms with E-state index in [4.69, 9.17) is 25.6 Å². The minimum Gasteiger partial charge on any atom is -0.382 e. The van der Waals surface area contributed by atoms with Crippen LogP contribution in [-0.4, -0.2) is 37.1 Å². The van der Waals surface area contributed by atoms with Gasteiger partial charge < -0.3 is 19.3 Å². The molecule has 0 fully saturated rings. The van der Waals surface area contributed by atoms with Crippen molar-refractivity contribution < 1.29 is 14.0 Å². The van der Waals surface area contributed by atoms with Crippen molar-refractivity contribution in [2.24, 2.45) is 0 Å². The maximum Gasteiger partial charge on any atom is 0.245 e. The Kier molecular flexibility index (Phi) is 6.46. The van der Waals surface area contributed by atoms with E-state index in [0.717, 1.165) is 5.69 Å². The molecule has 21 heavy (non-hydrogen) atoms. The van der Waals surface area contributed by atoms with Gasteiger partial charge in [0.2, 0.25) is 5.89 Å². The normalized spacial score (nSPS) is 10.8. The zero-order chi connectivity index (χ0) is 14.9. The molecule has 0 aliphatic carbocycles.